The predicted molar refractivity (Wildman–Crippen MR) is 84.7 cm³/mol. The van der Waals surface area contributed by atoms with Crippen LogP contribution in [0.3, 0.4) is 0 Å². The number of benzene rings is 1. The molecule has 0 saturated heterocycles. The van der Waals surface area contributed by atoms with Crippen LogP contribution in [0.1, 0.15) is 12.5 Å². The number of carbonyl (C=O) groups excluding carboxylic acids is 2. The Morgan fingerprint density at radius 2 is 2.00 bits per heavy atom. The molecule has 0 radical (unpaired) electrons. The summed E-state index contributed by atoms with van der Waals surface area (Å²) in [6.07, 6.45) is 1.42. The van der Waals surface area contributed by atoms with E-state index in [9.17, 15) is 19.6 Å². The van der Waals surface area contributed by atoms with Gasteiger partial charge in [0.2, 0.25) is 11.8 Å². The molecule has 1 aromatic rings. The zero-order valence-electron chi connectivity index (χ0n) is 12.6. The number of hydrogen-bond acceptors (Lipinski definition) is 4. The second kappa shape index (κ2) is 9.02. The highest BCUT2D eigenvalue weighted by Gasteiger charge is 2.26. The van der Waals surface area contributed by atoms with E-state index >= 15 is 0 Å². The molecule has 0 bridgehead atoms. The molecule has 0 aliphatic heterocycles. The van der Waals surface area contributed by atoms with Crippen LogP contribution in [0.5, 0.6) is 0 Å². The van der Waals surface area contributed by atoms with Gasteiger partial charge in [-0.1, -0.05) is 36.9 Å². The lowest BCUT2D eigenvalue weighted by atomic mass is 9.76. The highest BCUT2D eigenvalue weighted by Crippen LogP contribution is 2.04. The number of carbonyl (C=O) groups is 2. The zero-order chi connectivity index (χ0) is 16.5. The first-order valence-electron chi connectivity index (χ1n) is 7.08. The van der Waals surface area contributed by atoms with Gasteiger partial charge >= 0.3 is 7.12 Å². The molecule has 0 heterocycles. The number of amides is 2. The molecular formula is C15H21BN2O4. The molecule has 3 N–H and O–H groups in total. The lowest BCUT2D eigenvalue weighted by Crippen LogP contribution is -2.51. The Balaban J connectivity index is 2.64. The molecule has 118 valence electrons. The van der Waals surface area contributed by atoms with Gasteiger partial charge < -0.3 is 20.3 Å². The molecule has 0 aliphatic carbocycles. The molecular weight excluding hydrogens is 283 g/mol. The van der Waals surface area contributed by atoms with Crippen molar-refractivity contribution in [2.24, 2.45) is 0 Å². The van der Waals surface area contributed by atoms with E-state index in [0.29, 0.717) is 6.54 Å². The van der Waals surface area contributed by atoms with Crippen LogP contribution in [0.15, 0.2) is 43.0 Å². The largest absolute Gasteiger partial charge is 0.475 e. The Kier molecular flexibility index (Phi) is 7.35. The molecule has 7 heteroatoms. The molecule has 1 rings (SSSR count). The van der Waals surface area contributed by atoms with Gasteiger partial charge in [0, 0.05) is 6.54 Å². The van der Waals surface area contributed by atoms with Crippen molar-refractivity contribution >= 4 is 18.9 Å². The van der Waals surface area contributed by atoms with Crippen LogP contribution in [0.2, 0.25) is 0 Å². The zero-order valence-corrected chi connectivity index (χ0v) is 12.6. The summed E-state index contributed by atoms with van der Waals surface area (Å²) in [7, 11) is -1.69. The quantitative estimate of drug-likeness (QED) is 0.457. The molecule has 1 atom stereocenters. The van der Waals surface area contributed by atoms with Gasteiger partial charge in [0.05, 0.1) is 12.5 Å². The molecule has 2 amide bonds. The van der Waals surface area contributed by atoms with Crippen molar-refractivity contribution in [3.8, 4) is 0 Å². The average molecular weight is 304 g/mol. The normalized spacial score (nSPS) is 11.4. The van der Waals surface area contributed by atoms with Crippen molar-refractivity contribution in [3.05, 3.63) is 48.6 Å². The summed E-state index contributed by atoms with van der Waals surface area (Å²) >= 11 is 0. The van der Waals surface area contributed by atoms with Gasteiger partial charge in [-0.05, 0) is 25.0 Å². The van der Waals surface area contributed by atoms with Crippen LogP contribution in [0, 0.1) is 0 Å². The predicted octanol–water partition coefficient (Wildman–Crippen LogP) is -0.240. The second-order valence-electron chi connectivity index (χ2n) is 4.83. The maximum absolute atomic E-state index is 12.0. The minimum atomic E-state index is -1.69. The molecule has 0 aliphatic rings. The topological polar surface area (TPSA) is 89.9 Å². The molecule has 6 nitrogen and oxygen atoms in total. The maximum Gasteiger partial charge on any atom is 0.475 e. The smallest absolute Gasteiger partial charge is 0.426 e. The summed E-state index contributed by atoms with van der Waals surface area (Å²) in [6, 6.07) is 9.19. The fourth-order valence-electron chi connectivity index (χ4n) is 2.00. The van der Waals surface area contributed by atoms with Gasteiger partial charge in [-0.2, -0.15) is 0 Å². The fourth-order valence-corrected chi connectivity index (χ4v) is 2.00. The van der Waals surface area contributed by atoms with E-state index in [1.54, 1.807) is 6.92 Å². The maximum atomic E-state index is 12.0. The first-order valence-corrected chi connectivity index (χ1v) is 7.08. The summed E-state index contributed by atoms with van der Waals surface area (Å²) in [5, 5.41) is 21.4. The third-order valence-corrected chi connectivity index (χ3v) is 3.21. The van der Waals surface area contributed by atoms with Gasteiger partial charge in [-0.15, -0.1) is 0 Å². The van der Waals surface area contributed by atoms with Gasteiger partial charge in [0.25, 0.3) is 0 Å². The van der Waals surface area contributed by atoms with Crippen molar-refractivity contribution in [2.45, 2.75) is 19.3 Å². The van der Waals surface area contributed by atoms with Gasteiger partial charge in [-0.3, -0.25) is 9.59 Å². The SMILES string of the molecule is C=CC(=O)N(CC)CC(=O)N[C@@H](Cc1ccccc1)B(O)O. The van der Waals surface area contributed by atoms with E-state index in [0.717, 1.165) is 11.6 Å². The van der Waals surface area contributed by atoms with E-state index in [-0.39, 0.29) is 18.9 Å². The third kappa shape index (κ3) is 5.71. The van der Waals surface area contributed by atoms with Crippen LogP contribution in [-0.2, 0) is 16.0 Å². The highest BCUT2D eigenvalue weighted by molar-refractivity contribution is 6.43. The Morgan fingerprint density at radius 3 is 2.50 bits per heavy atom. The number of hydrogen-bond donors (Lipinski definition) is 3. The minimum Gasteiger partial charge on any atom is -0.426 e. The molecule has 0 aromatic heterocycles. The first-order chi connectivity index (χ1) is 10.5. The molecule has 0 fully saturated rings. The van der Waals surface area contributed by atoms with Crippen molar-refractivity contribution in [1.29, 1.82) is 0 Å². The summed E-state index contributed by atoms with van der Waals surface area (Å²) in [5.74, 6) is -1.64. The lowest BCUT2D eigenvalue weighted by Gasteiger charge is -2.22. The van der Waals surface area contributed by atoms with Crippen molar-refractivity contribution in [1.82, 2.24) is 10.2 Å². The number of rotatable bonds is 8. The molecule has 1 aromatic carbocycles. The number of nitrogens with one attached hydrogen (secondary N) is 1. The summed E-state index contributed by atoms with van der Waals surface area (Å²) in [5.41, 5.74) is 0.871. The molecule has 0 saturated carbocycles. The Hall–Kier alpha value is -2.12. The molecule has 0 spiro atoms. The lowest BCUT2D eigenvalue weighted by molar-refractivity contribution is -0.132. The van der Waals surface area contributed by atoms with Crippen LogP contribution < -0.4 is 5.32 Å². The van der Waals surface area contributed by atoms with Gasteiger partial charge in [0.1, 0.15) is 0 Å². The Bertz CT molecular complexity index is 508. The van der Waals surface area contributed by atoms with Gasteiger partial charge in [-0.25, -0.2) is 0 Å². The standard InChI is InChI=1S/C15H21BN2O4/c1-3-15(20)18(4-2)11-14(19)17-13(16(21)22)10-12-8-6-5-7-9-12/h3,5-9,13,21-22H,1,4,10-11H2,2H3,(H,17,19)/t13-/m0/s1. The number of likely N-dealkylation sites (N-methyl/N-ethyl adjacent to an activating group) is 1. The van der Waals surface area contributed by atoms with E-state index < -0.39 is 19.0 Å². The van der Waals surface area contributed by atoms with E-state index in [1.165, 1.54) is 4.90 Å². The van der Waals surface area contributed by atoms with Crippen molar-refractivity contribution < 1.29 is 19.6 Å². The second-order valence-corrected chi connectivity index (χ2v) is 4.83. The van der Waals surface area contributed by atoms with E-state index in [2.05, 4.69) is 11.9 Å². The monoisotopic (exact) mass is 304 g/mol. The minimum absolute atomic E-state index is 0.153. The van der Waals surface area contributed by atoms with Gasteiger partial charge in [0.15, 0.2) is 0 Å². The summed E-state index contributed by atoms with van der Waals surface area (Å²) < 4.78 is 0. The summed E-state index contributed by atoms with van der Waals surface area (Å²) in [6.45, 7) is 5.34. The van der Waals surface area contributed by atoms with Crippen LogP contribution in [-0.4, -0.2) is 52.9 Å². The molecule has 0 unspecified atom stereocenters. The van der Waals surface area contributed by atoms with Crippen LogP contribution in [0.4, 0.5) is 0 Å². The number of nitrogens with zero attached hydrogens (tertiary/aromatic N) is 1. The highest BCUT2D eigenvalue weighted by atomic mass is 16.4. The Morgan fingerprint density at radius 1 is 1.36 bits per heavy atom. The fraction of sp³-hybridized carbons (Fsp3) is 0.333. The van der Waals surface area contributed by atoms with E-state index in [1.807, 2.05) is 30.3 Å². The van der Waals surface area contributed by atoms with E-state index in [4.69, 9.17) is 0 Å². The average Bonchev–Trinajstić information content (AvgIpc) is 2.52. The molecule has 22 heavy (non-hydrogen) atoms. The first kappa shape index (κ1) is 17.9. The summed E-state index contributed by atoms with van der Waals surface area (Å²) in [4.78, 5) is 24.8. The van der Waals surface area contributed by atoms with Crippen LogP contribution >= 0.6 is 0 Å². The van der Waals surface area contributed by atoms with Crippen molar-refractivity contribution in [3.63, 3.8) is 0 Å². The Labute approximate surface area is 130 Å². The third-order valence-electron chi connectivity index (χ3n) is 3.21. The van der Waals surface area contributed by atoms with Crippen LogP contribution in [0.25, 0.3) is 0 Å². The van der Waals surface area contributed by atoms with Crippen molar-refractivity contribution in [2.75, 3.05) is 13.1 Å².